The third-order valence-electron chi connectivity index (χ3n) is 4.22. The molecule has 1 aliphatic carbocycles. The molecular weight excluding hydrogens is 244 g/mol. The molecule has 2 heterocycles. The normalized spacial score (nSPS) is 27.3. The van der Waals surface area contributed by atoms with E-state index in [1.54, 1.807) is 6.20 Å². The lowest BCUT2D eigenvalue weighted by Crippen LogP contribution is -2.44. The van der Waals surface area contributed by atoms with Gasteiger partial charge < -0.3 is 15.1 Å². The number of aliphatic hydroxyl groups excluding tert-OH is 1. The van der Waals surface area contributed by atoms with Gasteiger partial charge in [-0.25, -0.2) is 4.79 Å². The smallest absolute Gasteiger partial charge is 0.337 e. The first kappa shape index (κ1) is 12.4. The van der Waals surface area contributed by atoms with Crippen molar-refractivity contribution < 1.29 is 15.0 Å². The molecular formula is C14H18N2O3. The Kier molecular flexibility index (Phi) is 3.14. The summed E-state index contributed by atoms with van der Waals surface area (Å²) >= 11 is 0. The van der Waals surface area contributed by atoms with Crippen molar-refractivity contribution in [1.82, 2.24) is 4.98 Å². The molecule has 0 bridgehead atoms. The molecule has 3 rings (SSSR count). The van der Waals surface area contributed by atoms with Gasteiger partial charge in [0, 0.05) is 25.2 Å². The number of nitrogens with zero attached hydrogens (tertiary/aromatic N) is 2. The van der Waals surface area contributed by atoms with Crippen LogP contribution in [0.3, 0.4) is 0 Å². The SMILES string of the molecule is O=C(O)c1ccncc1N1CCC(O)C(C2CC2)C1. The highest BCUT2D eigenvalue weighted by Crippen LogP contribution is 2.42. The maximum absolute atomic E-state index is 11.3. The van der Waals surface area contributed by atoms with Gasteiger partial charge in [-0.15, -0.1) is 0 Å². The van der Waals surface area contributed by atoms with Crippen molar-refractivity contribution in [2.75, 3.05) is 18.0 Å². The van der Waals surface area contributed by atoms with Crippen molar-refractivity contribution in [2.24, 2.45) is 11.8 Å². The van der Waals surface area contributed by atoms with Crippen molar-refractivity contribution in [3.63, 3.8) is 0 Å². The van der Waals surface area contributed by atoms with Gasteiger partial charge in [0.05, 0.1) is 23.6 Å². The summed E-state index contributed by atoms with van der Waals surface area (Å²) in [7, 11) is 0. The van der Waals surface area contributed by atoms with E-state index >= 15 is 0 Å². The van der Waals surface area contributed by atoms with Gasteiger partial charge in [0.2, 0.25) is 0 Å². The van der Waals surface area contributed by atoms with E-state index in [2.05, 4.69) is 9.88 Å². The van der Waals surface area contributed by atoms with Crippen LogP contribution in [-0.2, 0) is 0 Å². The maximum Gasteiger partial charge on any atom is 0.337 e. The molecule has 0 radical (unpaired) electrons. The number of hydrogen-bond donors (Lipinski definition) is 2. The number of pyridine rings is 1. The highest BCUT2D eigenvalue weighted by atomic mass is 16.4. The second-order valence-corrected chi connectivity index (χ2v) is 5.50. The minimum atomic E-state index is -0.925. The monoisotopic (exact) mass is 262 g/mol. The molecule has 102 valence electrons. The van der Waals surface area contributed by atoms with Crippen LogP contribution >= 0.6 is 0 Å². The van der Waals surface area contributed by atoms with E-state index in [0.717, 1.165) is 6.54 Å². The van der Waals surface area contributed by atoms with Crippen LogP contribution < -0.4 is 4.90 Å². The zero-order valence-corrected chi connectivity index (χ0v) is 10.7. The molecule has 1 aliphatic heterocycles. The highest BCUT2D eigenvalue weighted by molar-refractivity contribution is 5.94. The van der Waals surface area contributed by atoms with Crippen molar-refractivity contribution in [3.8, 4) is 0 Å². The van der Waals surface area contributed by atoms with Crippen LogP contribution in [0.5, 0.6) is 0 Å². The first-order chi connectivity index (χ1) is 9.16. The van der Waals surface area contributed by atoms with E-state index in [-0.39, 0.29) is 12.0 Å². The molecule has 1 aromatic rings. The standard InChI is InChI=1S/C14H18N2O3/c17-13-4-6-16(8-11(13)9-1-2-9)12-7-15-5-3-10(12)14(18)19/h3,5,7,9,11,13,17H,1-2,4,6,8H2,(H,18,19). The van der Waals surface area contributed by atoms with E-state index in [0.29, 0.717) is 30.1 Å². The summed E-state index contributed by atoms with van der Waals surface area (Å²) < 4.78 is 0. The average Bonchev–Trinajstić information content (AvgIpc) is 3.23. The molecule has 0 aromatic carbocycles. The van der Waals surface area contributed by atoms with Crippen molar-refractivity contribution in [2.45, 2.75) is 25.4 Å². The summed E-state index contributed by atoms with van der Waals surface area (Å²) in [5.74, 6) is -0.0372. The Morgan fingerprint density at radius 3 is 2.84 bits per heavy atom. The van der Waals surface area contributed by atoms with E-state index < -0.39 is 5.97 Å². The van der Waals surface area contributed by atoms with Crippen LogP contribution in [0.1, 0.15) is 29.6 Å². The fourth-order valence-corrected chi connectivity index (χ4v) is 3.00. The molecule has 1 aromatic heterocycles. The molecule has 0 spiro atoms. The highest BCUT2D eigenvalue weighted by Gasteiger charge is 2.39. The van der Waals surface area contributed by atoms with Crippen LogP contribution in [0.4, 0.5) is 5.69 Å². The Bertz CT molecular complexity index is 487. The minimum Gasteiger partial charge on any atom is -0.478 e. The summed E-state index contributed by atoms with van der Waals surface area (Å²) in [5.41, 5.74) is 0.966. The quantitative estimate of drug-likeness (QED) is 0.860. The minimum absolute atomic E-state index is 0.242. The van der Waals surface area contributed by atoms with Crippen molar-refractivity contribution >= 4 is 11.7 Å². The molecule has 1 saturated carbocycles. The number of carboxylic acids is 1. The Morgan fingerprint density at radius 2 is 2.16 bits per heavy atom. The molecule has 19 heavy (non-hydrogen) atoms. The number of piperidine rings is 1. The van der Waals surface area contributed by atoms with E-state index in [9.17, 15) is 15.0 Å². The van der Waals surface area contributed by atoms with Crippen LogP contribution in [0.2, 0.25) is 0 Å². The Morgan fingerprint density at radius 1 is 1.37 bits per heavy atom. The van der Waals surface area contributed by atoms with E-state index in [4.69, 9.17) is 0 Å². The third-order valence-corrected chi connectivity index (χ3v) is 4.22. The average molecular weight is 262 g/mol. The zero-order chi connectivity index (χ0) is 13.4. The van der Waals surface area contributed by atoms with Gasteiger partial charge in [0.15, 0.2) is 0 Å². The first-order valence-electron chi connectivity index (χ1n) is 6.77. The maximum atomic E-state index is 11.3. The first-order valence-corrected chi connectivity index (χ1v) is 6.77. The Balaban J connectivity index is 1.84. The summed E-state index contributed by atoms with van der Waals surface area (Å²) in [5, 5.41) is 19.3. The molecule has 2 atom stereocenters. The molecule has 1 saturated heterocycles. The van der Waals surface area contributed by atoms with Crippen LogP contribution in [0, 0.1) is 11.8 Å². The van der Waals surface area contributed by atoms with E-state index in [1.165, 1.54) is 25.1 Å². The largest absolute Gasteiger partial charge is 0.478 e. The fourth-order valence-electron chi connectivity index (χ4n) is 3.00. The lowest BCUT2D eigenvalue weighted by molar-refractivity contribution is 0.0694. The second kappa shape index (κ2) is 4.81. The lowest BCUT2D eigenvalue weighted by Gasteiger charge is -2.38. The number of aromatic nitrogens is 1. The molecule has 2 aliphatic rings. The topological polar surface area (TPSA) is 73.7 Å². The van der Waals surface area contributed by atoms with Crippen molar-refractivity contribution in [3.05, 3.63) is 24.0 Å². The third kappa shape index (κ3) is 2.42. The molecule has 2 unspecified atom stereocenters. The number of carboxylic acid groups (broad SMARTS) is 1. The van der Waals surface area contributed by atoms with Crippen LogP contribution in [0.15, 0.2) is 18.5 Å². The molecule has 2 fully saturated rings. The number of rotatable bonds is 3. The summed E-state index contributed by atoms with van der Waals surface area (Å²) in [6.45, 7) is 1.42. The van der Waals surface area contributed by atoms with Gasteiger partial charge in [-0.1, -0.05) is 0 Å². The number of anilines is 1. The number of aromatic carboxylic acids is 1. The van der Waals surface area contributed by atoms with Gasteiger partial charge in [-0.3, -0.25) is 4.98 Å². The molecule has 0 amide bonds. The van der Waals surface area contributed by atoms with Gasteiger partial charge in [-0.2, -0.15) is 0 Å². The number of carbonyl (C=O) groups is 1. The summed E-state index contributed by atoms with van der Waals surface area (Å²) in [4.78, 5) is 17.4. The zero-order valence-electron chi connectivity index (χ0n) is 10.7. The molecule has 2 N–H and O–H groups in total. The Hall–Kier alpha value is -1.62. The van der Waals surface area contributed by atoms with Gasteiger partial charge in [-0.05, 0) is 31.2 Å². The van der Waals surface area contributed by atoms with Gasteiger partial charge in [0.25, 0.3) is 0 Å². The predicted octanol–water partition coefficient (Wildman–Crippen LogP) is 1.38. The molecule has 5 heteroatoms. The Labute approximate surface area is 111 Å². The summed E-state index contributed by atoms with van der Waals surface area (Å²) in [6.07, 6.45) is 5.96. The summed E-state index contributed by atoms with van der Waals surface area (Å²) in [6, 6.07) is 1.54. The van der Waals surface area contributed by atoms with Crippen LogP contribution in [0.25, 0.3) is 0 Å². The van der Waals surface area contributed by atoms with Crippen molar-refractivity contribution in [1.29, 1.82) is 0 Å². The lowest BCUT2D eigenvalue weighted by atomic mass is 9.90. The van der Waals surface area contributed by atoms with E-state index in [1.807, 2.05) is 0 Å². The molecule has 5 nitrogen and oxygen atoms in total. The van der Waals surface area contributed by atoms with Gasteiger partial charge in [0.1, 0.15) is 0 Å². The van der Waals surface area contributed by atoms with Crippen LogP contribution in [-0.4, -0.2) is 40.4 Å². The predicted molar refractivity (Wildman–Crippen MR) is 70.2 cm³/mol. The number of aliphatic hydroxyl groups is 1. The second-order valence-electron chi connectivity index (χ2n) is 5.50. The number of hydrogen-bond acceptors (Lipinski definition) is 4. The van der Waals surface area contributed by atoms with Gasteiger partial charge >= 0.3 is 5.97 Å². The fraction of sp³-hybridized carbons (Fsp3) is 0.571.